The summed E-state index contributed by atoms with van der Waals surface area (Å²) in [6.45, 7) is 8.14. The molecule has 31 heavy (non-hydrogen) atoms. The smallest absolute Gasteiger partial charge is 0.0487 e. The van der Waals surface area contributed by atoms with Crippen molar-refractivity contribution in [2.45, 2.75) is 149 Å². The summed E-state index contributed by atoms with van der Waals surface area (Å²) in [6.07, 6.45) is 32.9. The van der Waals surface area contributed by atoms with Crippen LogP contribution >= 0.6 is 0 Å². The van der Waals surface area contributed by atoms with Gasteiger partial charge in [-0.15, -0.1) is 0 Å². The van der Waals surface area contributed by atoms with Crippen LogP contribution in [0.15, 0.2) is 12.2 Å². The molecular weight excluding hydrogens is 380 g/mol. The fraction of sp³-hybridized carbons (Fsp3) is 0.931. The second kappa shape index (κ2) is 29.7. The molecule has 186 valence electrons. The third kappa shape index (κ3) is 29.7. The highest BCUT2D eigenvalue weighted by Crippen LogP contribution is 2.11. The molecule has 0 aromatic carbocycles. The lowest BCUT2D eigenvalue weighted by Gasteiger charge is -2.06. The van der Waals surface area contributed by atoms with Crippen molar-refractivity contribution >= 4 is 0 Å². The lowest BCUT2D eigenvalue weighted by Crippen LogP contribution is -2.03. The molecule has 0 saturated heterocycles. The lowest BCUT2D eigenvalue weighted by atomic mass is 10.1. The van der Waals surface area contributed by atoms with Gasteiger partial charge in [0.05, 0.1) is 0 Å². The molecule has 0 atom stereocenters. The van der Waals surface area contributed by atoms with Gasteiger partial charge in [-0.25, -0.2) is 0 Å². The van der Waals surface area contributed by atoms with Crippen LogP contribution in [0.4, 0.5) is 0 Å². The summed E-state index contributed by atoms with van der Waals surface area (Å²) in [5, 5.41) is 0. The molecule has 0 heterocycles. The Morgan fingerprint density at radius 2 is 0.677 bits per heavy atom. The minimum Gasteiger partial charge on any atom is -0.381 e. The second-order valence-corrected chi connectivity index (χ2v) is 9.28. The molecule has 0 unspecified atom stereocenters. The van der Waals surface area contributed by atoms with Crippen LogP contribution in [-0.2, 0) is 9.47 Å². The third-order valence-corrected chi connectivity index (χ3v) is 6.02. The van der Waals surface area contributed by atoms with E-state index in [1.165, 1.54) is 128 Å². The summed E-state index contributed by atoms with van der Waals surface area (Å²) in [4.78, 5) is 0. The summed E-state index contributed by atoms with van der Waals surface area (Å²) in [5.74, 6) is 0. The summed E-state index contributed by atoms with van der Waals surface area (Å²) < 4.78 is 11.4. The van der Waals surface area contributed by atoms with Crippen molar-refractivity contribution in [3.05, 3.63) is 12.2 Å². The maximum absolute atomic E-state index is 5.74. The van der Waals surface area contributed by atoms with E-state index in [0.29, 0.717) is 0 Å². The van der Waals surface area contributed by atoms with Crippen molar-refractivity contribution < 1.29 is 9.47 Å². The van der Waals surface area contributed by atoms with Gasteiger partial charge in [-0.05, 0) is 44.9 Å². The first-order valence-corrected chi connectivity index (χ1v) is 14.2. The Bertz CT molecular complexity index is 327. The van der Waals surface area contributed by atoms with E-state index in [4.69, 9.17) is 9.47 Å². The Morgan fingerprint density at radius 3 is 1.16 bits per heavy atom. The molecule has 0 N–H and O–H groups in total. The molecule has 0 aromatic rings. The van der Waals surface area contributed by atoms with Crippen molar-refractivity contribution in [1.29, 1.82) is 0 Å². The zero-order valence-corrected chi connectivity index (χ0v) is 21.6. The molecule has 0 aromatic heterocycles. The number of hydrogen-bond donors (Lipinski definition) is 0. The largest absolute Gasteiger partial charge is 0.381 e. The van der Waals surface area contributed by atoms with E-state index >= 15 is 0 Å². The zero-order valence-electron chi connectivity index (χ0n) is 21.6. The van der Waals surface area contributed by atoms with Gasteiger partial charge in [-0.3, -0.25) is 0 Å². The number of unbranched alkanes of at least 4 members (excludes halogenated alkanes) is 17. The highest BCUT2D eigenvalue weighted by molar-refractivity contribution is 4.81. The average Bonchev–Trinajstić information content (AvgIpc) is 2.78. The van der Waals surface area contributed by atoms with Crippen LogP contribution in [0, 0.1) is 0 Å². The van der Waals surface area contributed by atoms with Gasteiger partial charge in [0.15, 0.2) is 0 Å². The molecule has 0 aliphatic rings. The van der Waals surface area contributed by atoms with Gasteiger partial charge in [0.25, 0.3) is 0 Å². The van der Waals surface area contributed by atoms with Crippen molar-refractivity contribution in [3.8, 4) is 0 Å². The lowest BCUT2D eigenvalue weighted by molar-refractivity contribution is 0.0794. The molecule has 0 amide bonds. The Balaban J connectivity index is 3.02. The molecular formula is C29H58O2. The first kappa shape index (κ1) is 30.7. The molecule has 0 aliphatic carbocycles. The molecule has 0 bridgehead atoms. The normalized spacial score (nSPS) is 11.7. The van der Waals surface area contributed by atoms with E-state index in [1.54, 1.807) is 0 Å². The third-order valence-electron chi connectivity index (χ3n) is 6.02. The molecule has 0 saturated carbocycles. The van der Waals surface area contributed by atoms with Gasteiger partial charge >= 0.3 is 0 Å². The second-order valence-electron chi connectivity index (χ2n) is 9.28. The van der Waals surface area contributed by atoms with Crippen LogP contribution in [0.3, 0.4) is 0 Å². The minimum absolute atomic E-state index is 0.865. The van der Waals surface area contributed by atoms with Gasteiger partial charge in [-0.1, -0.05) is 116 Å². The van der Waals surface area contributed by atoms with E-state index in [0.717, 1.165) is 32.8 Å². The predicted octanol–water partition coefficient (Wildman–Crippen LogP) is 9.81. The summed E-state index contributed by atoms with van der Waals surface area (Å²) in [7, 11) is 0. The summed E-state index contributed by atoms with van der Waals surface area (Å²) in [5.41, 5.74) is 0. The number of rotatable bonds is 27. The number of hydrogen-bond acceptors (Lipinski definition) is 2. The van der Waals surface area contributed by atoms with E-state index in [2.05, 4.69) is 26.0 Å². The van der Waals surface area contributed by atoms with Crippen molar-refractivity contribution in [2.24, 2.45) is 0 Å². The predicted molar refractivity (Wildman–Crippen MR) is 139 cm³/mol. The maximum atomic E-state index is 5.74. The van der Waals surface area contributed by atoms with Crippen molar-refractivity contribution in [2.75, 3.05) is 26.4 Å². The molecule has 0 fully saturated rings. The van der Waals surface area contributed by atoms with E-state index < -0.39 is 0 Å². The first-order valence-electron chi connectivity index (χ1n) is 14.2. The van der Waals surface area contributed by atoms with E-state index in [9.17, 15) is 0 Å². The SMILES string of the molecule is CCCCCC=CCCCCCCCCCCCOCCCOCCCCCCCC. The summed E-state index contributed by atoms with van der Waals surface area (Å²) in [6, 6.07) is 0. The number of allylic oxidation sites excluding steroid dienone is 2. The van der Waals surface area contributed by atoms with Gasteiger partial charge in [0.1, 0.15) is 0 Å². The van der Waals surface area contributed by atoms with Crippen LogP contribution < -0.4 is 0 Å². The Kier molecular flexibility index (Phi) is 29.3. The molecule has 0 aliphatic heterocycles. The fourth-order valence-corrected chi connectivity index (χ4v) is 3.90. The highest BCUT2D eigenvalue weighted by atomic mass is 16.5. The molecule has 0 radical (unpaired) electrons. The number of ether oxygens (including phenoxy) is 2. The van der Waals surface area contributed by atoms with Crippen LogP contribution in [0.2, 0.25) is 0 Å². The summed E-state index contributed by atoms with van der Waals surface area (Å²) >= 11 is 0. The minimum atomic E-state index is 0.865. The molecule has 0 rings (SSSR count). The quantitative estimate of drug-likeness (QED) is 0.0938. The van der Waals surface area contributed by atoms with Gasteiger partial charge in [-0.2, -0.15) is 0 Å². The maximum Gasteiger partial charge on any atom is 0.0487 e. The van der Waals surface area contributed by atoms with Crippen molar-refractivity contribution in [1.82, 2.24) is 0 Å². The van der Waals surface area contributed by atoms with Gasteiger partial charge in [0, 0.05) is 26.4 Å². The Hall–Kier alpha value is -0.340. The van der Waals surface area contributed by atoms with Crippen LogP contribution in [0.5, 0.6) is 0 Å². The standard InChI is InChI=1S/C29H58O2/c1-3-5-7-9-11-12-13-14-15-16-17-18-19-20-22-24-27-31-29-25-28-30-26-23-21-10-8-6-4-2/h11-12H,3-10,13-29H2,1-2H3. The van der Waals surface area contributed by atoms with Crippen molar-refractivity contribution in [3.63, 3.8) is 0 Å². The average molecular weight is 439 g/mol. The van der Waals surface area contributed by atoms with Gasteiger partial charge in [0.2, 0.25) is 0 Å². The Morgan fingerprint density at radius 1 is 0.355 bits per heavy atom. The highest BCUT2D eigenvalue weighted by Gasteiger charge is 1.95. The topological polar surface area (TPSA) is 18.5 Å². The van der Waals surface area contributed by atoms with E-state index in [-0.39, 0.29) is 0 Å². The van der Waals surface area contributed by atoms with E-state index in [1.807, 2.05) is 0 Å². The molecule has 2 heteroatoms. The Labute approximate surface area is 196 Å². The van der Waals surface area contributed by atoms with Crippen LogP contribution in [0.25, 0.3) is 0 Å². The molecule has 2 nitrogen and oxygen atoms in total. The first-order chi connectivity index (χ1) is 15.4. The molecule has 0 spiro atoms. The zero-order chi connectivity index (χ0) is 22.5. The monoisotopic (exact) mass is 438 g/mol. The van der Waals surface area contributed by atoms with Crippen LogP contribution in [-0.4, -0.2) is 26.4 Å². The van der Waals surface area contributed by atoms with Crippen LogP contribution in [0.1, 0.15) is 149 Å². The fourth-order valence-electron chi connectivity index (χ4n) is 3.90. The van der Waals surface area contributed by atoms with Gasteiger partial charge < -0.3 is 9.47 Å².